The Morgan fingerprint density at radius 3 is 2.48 bits per heavy atom. The van der Waals surface area contributed by atoms with E-state index in [1.807, 2.05) is 24.3 Å². The van der Waals surface area contributed by atoms with Gasteiger partial charge in [-0.3, -0.25) is 5.10 Å². The van der Waals surface area contributed by atoms with Crippen LogP contribution in [-0.2, 0) is 6.61 Å². The van der Waals surface area contributed by atoms with Crippen molar-refractivity contribution in [3.63, 3.8) is 0 Å². The van der Waals surface area contributed by atoms with Crippen LogP contribution in [0, 0.1) is 5.82 Å². The Morgan fingerprint density at radius 1 is 1.09 bits per heavy atom. The number of para-hydroxylation sites is 1. The first-order valence-corrected chi connectivity index (χ1v) is 7.52. The van der Waals surface area contributed by atoms with Gasteiger partial charge in [-0.1, -0.05) is 50.2 Å². The zero-order valence-corrected chi connectivity index (χ0v) is 13.1. The SMILES string of the molecule is CC(C)c1nc(-c2ccc(COc3ccccc3F)cc2)n[nH]1. The number of nitrogens with zero attached hydrogens (tertiary/aromatic N) is 2. The average Bonchev–Trinajstić information content (AvgIpc) is 3.05. The van der Waals surface area contributed by atoms with Crippen LogP contribution in [0.5, 0.6) is 5.75 Å². The summed E-state index contributed by atoms with van der Waals surface area (Å²) in [5.74, 6) is 1.75. The summed E-state index contributed by atoms with van der Waals surface area (Å²) >= 11 is 0. The molecule has 1 N–H and O–H groups in total. The number of hydrogen-bond acceptors (Lipinski definition) is 3. The summed E-state index contributed by atoms with van der Waals surface area (Å²) in [5, 5.41) is 7.17. The number of benzene rings is 2. The van der Waals surface area contributed by atoms with Gasteiger partial charge in [-0.25, -0.2) is 9.37 Å². The van der Waals surface area contributed by atoms with Gasteiger partial charge in [0.15, 0.2) is 17.4 Å². The van der Waals surface area contributed by atoms with Crippen LogP contribution in [0.4, 0.5) is 4.39 Å². The molecule has 0 aliphatic rings. The molecule has 0 fully saturated rings. The van der Waals surface area contributed by atoms with Gasteiger partial charge in [0, 0.05) is 11.5 Å². The molecule has 118 valence electrons. The van der Waals surface area contributed by atoms with Crippen molar-refractivity contribution in [2.45, 2.75) is 26.4 Å². The summed E-state index contributed by atoms with van der Waals surface area (Å²) in [4.78, 5) is 4.47. The first-order valence-electron chi connectivity index (χ1n) is 7.52. The number of nitrogens with one attached hydrogen (secondary N) is 1. The van der Waals surface area contributed by atoms with Crippen LogP contribution in [0.2, 0.25) is 0 Å². The molecule has 0 aliphatic heterocycles. The molecule has 1 heterocycles. The number of aromatic amines is 1. The normalized spacial score (nSPS) is 11.0. The van der Waals surface area contributed by atoms with Crippen LogP contribution in [0.1, 0.15) is 31.2 Å². The molecular weight excluding hydrogens is 293 g/mol. The molecule has 0 unspecified atom stereocenters. The number of hydrogen-bond donors (Lipinski definition) is 1. The fourth-order valence-corrected chi connectivity index (χ4v) is 2.13. The molecule has 0 atom stereocenters. The molecule has 0 saturated heterocycles. The first-order chi connectivity index (χ1) is 11.1. The van der Waals surface area contributed by atoms with E-state index in [-0.39, 0.29) is 11.6 Å². The van der Waals surface area contributed by atoms with Gasteiger partial charge in [0.25, 0.3) is 0 Å². The number of H-pyrrole nitrogens is 1. The smallest absolute Gasteiger partial charge is 0.181 e. The summed E-state index contributed by atoms with van der Waals surface area (Å²) in [7, 11) is 0. The van der Waals surface area contributed by atoms with Crippen molar-refractivity contribution < 1.29 is 9.13 Å². The number of halogens is 1. The standard InChI is InChI=1S/C18H18FN3O/c1-12(2)17-20-18(22-21-17)14-9-7-13(8-10-14)11-23-16-6-4-3-5-15(16)19/h3-10,12H,11H2,1-2H3,(H,20,21,22). The van der Waals surface area contributed by atoms with E-state index in [0.29, 0.717) is 18.3 Å². The highest BCUT2D eigenvalue weighted by molar-refractivity contribution is 5.55. The van der Waals surface area contributed by atoms with Crippen molar-refractivity contribution in [1.29, 1.82) is 0 Å². The summed E-state index contributed by atoms with van der Waals surface area (Å²) in [6, 6.07) is 14.1. The topological polar surface area (TPSA) is 50.8 Å². The lowest BCUT2D eigenvalue weighted by Gasteiger charge is -2.07. The third-order valence-electron chi connectivity index (χ3n) is 3.49. The average molecular weight is 311 g/mol. The second kappa shape index (κ2) is 6.60. The molecule has 0 radical (unpaired) electrons. The quantitative estimate of drug-likeness (QED) is 0.763. The lowest BCUT2D eigenvalue weighted by Crippen LogP contribution is -1.97. The lowest BCUT2D eigenvalue weighted by atomic mass is 10.1. The molecule has 0 bridgehead atoms. The summed E-state index contributed by atoms with van der Waals surface area (Å²) < 4.78 is 19.0. The minimum Gasteiger partial charge on any atom is -0.486 e. The fourth-order valence-electron chi connectivity index (χ4n) is 2.13. The van der Waals surface area contributed by atoms with E-state index in [1.54, 1.807) is 18.2 Å². The van der Waals surface area contributed by atoms with Gasteiger partial charge in [-0.2, -0.15) is 5.10 Å². The lowest BCUT2D eigenvalue weighted by molar-refractivity contribution is 0.290. The number of aromatic nitrogens is 3. The van der Waals surface area contributed by atoms with E-state index < -0.39 is 0 Å². The molecular formula is C18H18FN3O. The molecule has 2 aromatic carbocycles. The zero-order chi connectivity index (χ0) is 16.2. The molecule has 23 heavy (non-hydrogen) atoms. The summed E-state index contributed by atoms with van der Waals surface area (Å²) in [6.07, 6.45) is 0. The van der Waals surface area contributed by atoms with Gasteiger partial charge in [-0.05, 0) is 17.7 Å². The van der Waals surface area contributed by atoms with Crippen LogP contribution >= 0.6 is 0 Å². The maximum absolute atomic E-state index is 13.5. The minimum atomic E-state index is -0.356. The third-order valence-corrected chi connectivity index (χ3v) is 3.49. The summed E-state index contributed by atoms with van der Waals surface area (Å²) in [6.45, 7) is 4.44. The van der Waals surface area contributed by atoms with Crippen molar-refractivity contribution in [2.75, 3.05) is 0 Å². The van der Waals surface area contributed by atoms with Gasteiger partial charge in [-0.15, -0.1) is 0 Å². The Balaban J connectivity index is 1.68. The van der Waals surface area contributed by atoms with E-state index in [9.17, 15) is 4.39 Å². The van der Waals surface area contributed by atoms with Gasteiger partial charge in [0.2, 0.25) is 0 Å². The molecule has 5 heteroatoms. The molecule has 0 aliphatic carbocycles. The van der Waals surface area contributed by atoms with E-state index in [1.165, 1.54) is 6.07 Å². The van der Waals surface area contributed by atoms with Gasteiger partial charge in [0.1, 0.15) is 12.4 Å². The van der Waals surface area contributed by atoms with Crippen molar-refractivity contribution >= 4 is 0 Å². The Hall–Kier alpha value is -2.69. The fraction of sp³-hybridized carbons (Fsp3) is 0.222. The van der Waals surface area contributed by atoms with Crippen LogP contribution < -0.4 is 4.74 Å². The molecule has 0 spiro atoms. The predicted octanol–water partition coefficient (Wildman–Crippen LogP) is 4.31. The highest BCUT2D eigenvalue weighted by Crippen LogP contribution is 2.20. The summed E-state index contributed by atoms with van der Waals surface area (Å²) in [5.41, 5.74) is 1.89. The second-order valence-corrected chi connectivity index (χ2v) is 5.61. The third kappa shape index (κ3) is 3.56. The van der Waals surface area contributed by atoms with Crippen molar-refractivity contribution in [2.24, 2.45) is 0 Å². The molecule has 3 aromatic rings. The van der Waals surface area contributed by atoms with Crippen molar-refractivity contribution in [3.8, 4) is 17.1 Å². The number of rotatable bonds is 5. The van der Waals surface area contributed by atoms with E-state index in [2.05, 4.69) is 29.0 Å². The van der Waals surface area contributed by atoms with Gasteiger partial charge < -0.3 is 4.74 Å². The Bertz CT molecular complexity index is 781. The number of ether oxygens (including phenoxy) is 1. The Kier molecular flexibility index (Phi) is 4.37. The van der Waals surface area contributed by atoms with Crippen LogP contribution in [-0.4, -0.2) is 15.2 Å². The van der Waals surface area contributed by atoms with Gasteiger partial charge in [0.05, 0.1) is 0 Å². The Labute approximate surface area is 134 Å². The maximum Gasteiger partial charge on any atom is 0.181 e. The van der Waals surface area contributed by atoms with Crippen LogP contribution in [0.15, 0.2) is 48.5 Å². The highest BCUT2D eigenvalue weighted by Gasteiger charge is 2.09. The van der Waals surface area contributed by atoms with E-state index in [4.69, 9.17) is 4.74 Å². The maximum atomic E-state index is 13.5. The largest absolute Gasteiger partial charge is 0.486 e. The highest BCUT2D eigenvalue weighted by atomic mass is 19.1. The van der Waals surface area contributed by atoms with E-state index in [0.717, 1.165) is 17.0 Å². The van der Waals surface area contributed by atoms with E-state index >= 15 is 0 Å². The minimum absolute atomic E-state index is 0.257. The molecule has 1 aromatic heterocycles. The van der Waals surface area contributed by atoms with Crippen LogP contribution in [0.3, 0.4) is 0 Å². The predicted molar refractivity (Wildman–Crippen MR) is 86.6 cm³/mol. The monoisotopic (exact) mass is 311 g/mol. The van der Waals surface area contributed by atoms with Crippen LogP contribution in [0.25, 0.3) is 11.4 Å². The van der Waals surface area contributed by atoms with Gasteiger partial charge >= 0.3 is 0 Å². The Morgan fingerprint density at radius 2 is 1.83 bits per heavy atom. The molecule has 3 rings (SSSR count). The molecule has 0 amide bonds. The van der Waals surface area contributed by atoms with Crippen molar-refractivity contribution in [3.05, 3.63) is 65.7 Å². The molecule has 4 nitrogen and oxygen atoms in total. The second-order valence-electron chi connectivity index (χ2n) is 5.61. The molecule has 0 saturated carbocycles. The first kappa shape index (κ1) is 15.2. The van der Waals surface area contributed by atoms with Crippen molar-refractivity contribution in [1.82, 2.24) is 15.2 Å². The zero-order valence-electron chi connectivity index (χ0n) is 13.1.